The lowest BCUT2D eigenvalue weighted by Gasteiger charge is -2.42. The summed E-state index contributed by atoms with van der Waals surface area (Å²) in [7, 11) is 0. The molecule has 2 saturated heterocycles. The van der Waals surface area contributed by atoms with E-state index < -0.39 is 28.9 Å². The number of ether oxygens (including phenoxy) is 1. The van der Waals surface area contributed by atoms with Crippen LogP contribution < -0.4 is 0 Å². The third-order valence-corrected chi connectivity index (χ3v) is 9.76. The molecular formula is C36H42N2O4S. The summed E-state index contributed by atoms with van der Waals surface area (Å²) >= 11 is 1.59. The third kappa shape index (κ3) is 5.97. The van der Waals surface area contributed by atoms with Crippen molar-refractivity contribution in [2.45, 2.75) is 94.5 Å². The number of hydrogen-bond acceptors (Lipinski definition) is 6. The van der Waals surface area contributed by atoms with Crippen LogP contribution >= 0.6 is 11.8 Å². The van der Waals surface area contributed by atoms with Gasteiger partial charge in [0.1, 0.15) is 17.2 Å². The number of benzene rings is 3. The Morgan fingerprint density at radius 3 is 1.88 bits per heavy atom. The molecule has 0 bridgehead atoms. The highest BCUT2D eigenvalue weighted by Crippen LogP contribution is 2.52. The molecule has 0 unspecified atom stereocenters. The maximum absolute atomic E-state index is 13.8. The largest absolute Gasteiger partial charge is 0.507 e. The molecule has 3 aromatic carbocycles. The number of esters is 1. The van der Waals surface area contributed by atoms with Crippen LogP contribution in [0, 0.1) is 0 Å². The molecule has 5 rings (SSSR count). The van der Waals surface area contributed by atoms with Gasteiger partial charge in [-0.05, 0) is 53.5 Å². The fourth-order valence-electron chi connectivity index (χ4n) is 5.92. The number of hydrogen-bond donors (Lipinski definition) is 1. The van der Waals surface area contributed by atoms with E-state index in [1.165, 1.54) is 0 Å². The molecule has 0 saturated carbocycles. The normalized spacial score (nSPS) is 21.7. The number of phenols is 1. The number of carbonyl (C=O) groups is 2. The van der Waals surface area contributed by atoms with Gasteiger partial charge >= 0.3 is 5.97 Å². The second-order valence-electron chi connectivity index (χ2n) is 14.1. The zero-order valence-corrected chi connectivity index (χ0v) is 27.1. The lowest BCUT2D eigenvalue weighted by atomic mass is 9.78. The average molecular weight is 599 g/mol. The predicted molar refractivity (Wildman–Crippen MR) is 174 cm³/mol. The Morgan fingerprint density at radius 2 is 1.42 bits per heavy atom. The van der Waals surface area contributed by atoms with Gasteiger partial charge in [0, 0.05) is 22.1 Å². The van der Waals surface area contributed by atoms with E-state index in [1.807, 2.05) is 86.6 Å². The van der Waals surface area contributed by atoms with Crippen LogP contribution in [0.3, 0.4) is 0 Å². The highest BCUT2D eigenvalue weighted by Gasteiger charge is 2.64. The van der Waals surface area contributed by atoms with Gasteiger partial charge in [-0.15, -0.1) is 11.8 Å². The fourth-order valence-corrected chi connectivity index (χ4v) is 7.53. The number of thioether (sulfide) groups is 1. The Bertz CT molecular complexity index is 1460. The number of rotatable bonds is 6. The van der Waals surface area contributed by atoms with Crippen LogP contribution in [0.5, 0.6) is 5.75 Å². The van der Waals surface area contributed by atoms with Gasteiger partial charge in [-0.25, -0.2) is 4.79 Å². The summed E-state index contributed by atoms with van der Waals surface area (Å²) in [5.74, 6) is -0.290. The Balaban J connectivity index is 1.39. The number of carbonyl (C=O) groups excluding carboxylic acids is 2. The molecule has 6 nitrogen and oxygen atoms in total. The van der Waals surface area contributed by atoms with Crippen molar-refractivity contribution < 1.29 is 19.4 Å². The first-order valence-electron chi connectivity index (χ1n) is 14.8. The highest BCUT2D eigenvalue weighted by molar-refractivity contribution is 8.01. The summed E-state index contributed by atoms with van der Waals surface area (Å²) in [5.41, 5.74) is 3.73. The molecule has 3 atom stereocenters. The molecule has 2 heterocycles. The quantitative estimate of drug-likeness (QED) is 0.185. The zero-order chi connectivity index (χ0) is 31.3. The molecule has 1 N–H and O–H groups in total. The van der Waals surface area contributed by atoms with Crippen LogP contribution in [0.1, 0.15) is 89.3 Å². The summed E-state index contributed by atoms with van der Waals surface area (Å²) in [4.78, 5) is 33.8. The first kappa shape index (κ1) is 30.9. The minimum Gasteiger partial charge on any atom is -0.507 e. The number of aliphatic imine (C=N–C) groups is 1. The van der Waals surface area contributed by atoms with Crippen LogP contribution in [0.15, 0.2) is 77.8 Å². The van der Waals surface area contributed by atoms with E-state index in [2.05, 4.69) is 41.5 Å². The third-order valence-electron chi connectivity index (χ3n) is 8.21. The Hall–Kier alpha value is -3.58. The minimum absolute atomic E-state index is 0.178. The smallest absolute Gasteiger partial charge is 0.331 e. The molecule has 2 fully saturated rings. The SMILES string of the molecule is CC(C)(C)c1cc(C=N[C@@H]2C(=O)N3[C@@H]2SC(C)(C)[C@@H]3C(=O)OC(c2ccccc2)c2ccccc2)cc(C(C)(C)C)c1O. The standard InChI is InChI=1S/C36H42N2O4S/c1-34(2,3)25-19-22(20-26(28(25)39)35(4,5)6)21-37-27-31(40)38-30(36(7,8)43-32(27)38)33(41)42-29(23-15-11-9-12-16-23)24-17-13-10-14-18-24/h9-21,27,29-30,32,39H,1-8H3/t27-,30+,32-/m1/s1. The van der Waals surface area contributed by atoms with Crippen molar-refractivity contribution in [2.24, 2.45) is 4.99 Å². The number of fused-ring (bicyclic) bond motifs is 1. The second-order valence-corrected chi connectivity index (χ2v) is 15.9. The second kappa shape index (κ2) is 11.2. The maximum Gasteiger partial charge on any atom is 0.331 e. The minimum atomic E-state index is -0.731. The summed E-state index contributed by atoms with van der Waals surface area (Å²) in [6.45, 7) is 16.4. The molecule has 0 radical (unpaired) electrons. The molecule has 7 heteroatoms. The highest BCUT2D eigenvalue weighted by atomic mass is 32.2. The fraction of sp³-hybridized carbons (Fsp3) is 0.417. The van der Waals surface area contributed by atoms with Gasteiger partial charge in [0.25, 0.3) is 5.91 Å². The van der Waals surface area contributed by atoms with Crippen molar-refractivity contribution in [1.29, 1.82) is 0 Å². The molecule has 1 amide bonds. The van der Waals surface area contributed by atoms with E-state index in [0.29, 0.717) is 5.75 Å². The Labute approximate surface area is 259 Å². The van der Waals surface area contributed by atoms with Gasteiger partial charge in [-0.1, -0.05) is 102 Å². The average Bonchev–Trinajstić information content (AvgIpc) is 3.19. The Morgan fingerprint density at radius 1 is 0.930 bits per heavy atom. The van der Waals surface area contributed by atoms with Gasteiger partial charge in [-0.3, -0.25) is 9.79 Å². The number of phenolic OH excluding ortho intramolecular Hbond substituents is 1. The maximum atomic E-state index is 13.8. The molecule has 0 spiro atoms. The summed E-state index contributed by atoms with van der Waals surface area (Å²) in [5, 5.41) is 10.8. The molecule has 226 valence electrons. The van der Waals surface area contributed by atoms with Gasteiger partial charge in [-0.2, -0.15) is 0 Å². The first-order valence-corrected chi connectivity index (χ1v) is 15.7. The molecule has 0 aliphatic carbocycles. The van der Waals surface area contributed by atoms with Gasteiger partial charge in [0.2, 0.25) is 0 Å². The molecule has 43 heavy (non-hydrogen) atoms. The van der Waals surface area contributed by atoms with Crippen LogP contribution in [0.25, 0.3) is 0 Å². The first-order chi connectivity index (χ1) is 20.1. The van der Waals surface area contributed by atoms with E-state index in [-0.39, 0.29) is 22.1 Å². The van der Waals surface area contributed by atoms with E-state index in [0.717, 1.165) is 27.8 Å². The van der Waals surface area contributed by atoms with Crippen molar-refractivity contribution in [1.82, 2.24) is 4.90 Å². The van der Waals surface area contributed by atoms with Crippen molar-refractivity contribution in [3.63, 3.8) is 0 Å². The van der Waals surface area contributed by atoms with Crippen molar-refractivity contribution in [3.8, 4) is 5.75 Å². The lowest BCUT2D eigenvalue weighted by Crippen LogP contribution is -2.65. The van der Waals surface area contributed by atoms with Gasteiger partial charge < -0.3 is 14.7 Å². The van der Waals surface area contributed by atoms with Gasteiger partial charge in [0.05, 0.1) is 0 Å². The monoisotopic (exact) mass is 598 g/mol. The molecule has 2 aliphatic heterocycles. The topological polar surface area (TPSA) is 79.2 Å². The predicted octanol–water partition coefficient (Wildman–Crippen LogP) is 7.17. The number of β-lactam (4-membered cyclic amide) rings is 1. The molecule has 0 aromatic heterocycles. The van der Waals surface area contributed by atoms with Crippen molar-refractivity contribution in [3.05, 3.63) is 101 Å². The van der Waals surface area contributed by atoms with Crippen molar-refractivity contribution in [2.75, 3.05) is 0 Å². The van der Waals surface area contributed by atoms with E-state index in [9.17, 15) is 14.7 Å². The van der Waals surface area contributed by atoms with E-state index >= 15 is 0 Å². The number of nitrogens with zero attached hydrogens (tertiary/aromatic N) is 2. The molecule has 3 aromatic rings. The van der Waals surface area contributed by atoms with E-state index in [1.54, 1.807) is 22.9 Å². The zero-order valence-electron chi connectivity index (χ0n) is 26.3. The summed E-state index contributed by atoms with van der Waals surface area (Å²) in [6, 6.07) is 21.9. The lowest BCUT2D eigenvalue weighted by molar-refractivity contribution is -0.165. The van der Waals surface area contributed by atoms with Crippen LogP contribution in [-0.4, -0.2) is 50.3 Å². The van der Waals surface area contributed by atoms with Crippen molar-refractivity contribution >= 4 is 29.9 Å². The van der Waals surface area contributed by atoms with Gasteiger partial charge in [0.15, 0.2) is 12.1 Å². The Kier molecular flexibility index (Phi) is 8.01. The van der Waals surface area contributed by atoms with Crippen LogP contribution in [-0.2, 0) is 25.2 Å². The summed E-state index contributed by atoms with van der Waals surface area (Å²) in [6.07, 6.45) is 1.16. The molecule has 2 aliphatic rings. The van der Waals surface area contributed by atoms with E-state index in [4.69, 9.17) is 9.73 Å². The van der Waals surface area contributed by atoms with Crippen LogP contribution in [0.2, 0.25) is 0 Å². The summed E-state index contributed by atoms with van der Waals surface area (Å²) < 4.78 is 5.64. The molecular weight excluding hydrogens is 556 g/mol. The number of amides is 1. The van der Waals surface area contributed by atoms with Crippen LogP contribution in [0.4, 0.5) is 0 Å². The number of aromatic hydroxyl groups is 1.